The minimum Gasteiger partial charge on any atom is -0.300 e. The molecular weight excluding hydrogens is 196 g/mol. The van der Waals surface area contributed by atoms with Gasteiger partial charge in [0.1, 0.15) is 0 Å². The third-order valence-electron chi connectivity index (χ3n) is 3.29. The van der Waals surface area contributed by atoms with Gasteiger partial charge in [-0.05, 0) is 40.3 Å². The molecule has 0 amide bonds. The number of halogens is 1. The summed E-state index contributed by atoms with van der Waals surface area (Å²) in [7, 11) is 2.23. The molecule has 2 nitrogen and oxygen atoms in total. The zero-order valence-electron chi connectivity index (χ0n) is 9.67. The molecule has 0 aromatic rings. The summed E-state index contributed by atoms with van der Waals surface area (Å²) in [5, 5.41) is 0. The molecule has 0 radical (unpaired) electrons. The third-order valence-corrected chi connectivity index (χ3v) is 3.56. The topological polar surface area (TPSA) is 6.48 Å². The first-order chi connectivity index (χ1) is 6.65. The van der Waals surface area contributed by atoms with Gasteiger partial charge in [0.15, 0.2) is 0 Å². The lowest BCUT2D eigenvalue weighted by atomic mass is 10.1. The Morgan fingerprint density at radius 2 is 1.71 bits per heavy atom. The van der Waals surface area contributed by atoms with E-state index in [4.69, 9.17) is 11.6 Å². The maximum Gasteiger partial charge on any atom is 0.0223 e. The van der Waals surface area contributed by atoms with E-state index in [1.54, 1.807) is 0 Å². The van der Waals surface area contributed by atoms with E-state index in [-0.39, 0.29) is 0 Å². The van der Waals surface area contributed by atoms with Gasteiger partial charge in [0.25, 0.3) is 0 Å². The van der Waals surface area contributed by atoms with E-state index >= 15 is 0 Å². The van der Waals surface area contributed by atoms with E-state index in [2.05, 4.69) is 30.7 Å². The monoisotopic (exact) mass is 218 g/mol. The Morgan fingerprint density at radius 1 is 1.14 bits per heavy atom. The van der Waals surface area contributed by atoms with Gasteiger partial charge in [0.2, 0.25) is 0 Å². The summed E-state index contributed by atoms with van der Waals surface area (Å²) in [4.78, 5) is 5.04. The molecule has 0 bridgehead atoms. The van der Waals surface area contributed by atoms with Gasteiger partial charge in [0.05, 0.1) is 0 Å². The molecule has 1 aliphatic heterocycles. The smallest absolute Gasteiger partial charge is 0.0223 e. The van der Waals surface area contributed by atoms with Crippen LogP contribution in [-0.2, 0) is 0 Å². The number of hydrogen-bond acceptors (Lipinski definition) is 2. The van der Waals surface area contributed by atoms with Gasteiger partial charge in [-0.15, -0.1) is 11.6 Å². The van der Waals surface area contributed by atoms with Crippen molar-refractivity contribution < 1.29 is 0 Å². The summed E-state index contributed by atoms with van der Waals surface area (Å²) in [5.74, 6) is 0.804. The first kappa shape index (κ1) is 12.3. The van der Waals surface area contributed by atoms with E-state index in [1.807, 2.05) is 0 Å². The van der Waals surface area contributed by atoms with E-state index < -0.39 is 0 Å². The Hall–Kier alpha value is 0.210. The predicted octanol–water partition coefficient (Wildman–Crippen LogP) is 2.03. The summed E-state index contributed by atoms with van der Waals surface area (Å²) < 4.78 is 0. The Morgan fingerprint density at radius 3 is 2.21 bits per heavy atom. The van der Waals surface area contributed by atoms with E-state index in [0.29, 0.717) is 12.1 Å². The summed E-state index contributed by atoms with van der Waals surface area (Å²) in [6.45, 7) is 8.26. The second-order valence-corrected chi connectivity index (χ2v) is 4.90. The van der Waals surface area contributed by atoms with Crippen molar-refractivity contribution in [3.05, 3.63) is 0 Å². The molecule has 0 N–H and O–H groups in total. The molecule has 3 heteroatoms. The first-order valence-electron chi connectivity index (χ1n) is 5.65. The highest BCUT2D eigenvalue weighted by molar-refractivity contribution is 6.17. The third kappa shape index (κ3) is 3.41. The highest BCUT2D eigenvalue weighted by atomic mass is 35.5. The molecule has 1 heterocycles. The minimum absolute atomic E-state index is 0.690. The average molecular weight is 219 g/mol. The summed E-state index contributed by atoms with van der Waals surface area (Å²) in [6.07, 6.45) is 2.39. The fourth-order valence-electron chi connectivity index (χ4n) is 2.13. The van der Waals surface area contributed by atoms with Crippen LogP contribution in [0.1, 0.15) is 26.7 Å². The van der Waals surface area contributed by atoms with Crippen LogP contribution in [0.2, 0.25) is 0 Å². The molecule has 2 unspecified atom stereocenters. The normalized spacial score (nSPS) is 30.9. The molecule has 1 saturated heterocycles. The number of piperazine rings is 1. The lowest BCUT2D eigenvalue weighted by Gasteiger charge is -2.42. The summed E-state index contributed by atoms with van der Waals surface area (Å²) >= 11 is 5.67. The summed E-state index contributed by atoms with van der Waals surface area (Å²) in [5.41, 5.74) is 0. The number of rotatable bonds is 4. The Kier molecular flexibility index (Phi) is 5.21. The van der Waals surface area contributed by atoms with Crippen molar-refractivity contribution >= 4 is 11.6 Å². The maximum atomic E-state index is 5.67. The number of alkyl halides is 1. The van der Waals surface area contributed by atoms with Gasteiger partial charge >= 0.3 is 0 Å². The van der Waals surface area contributed by atoms with Crippen molar-refractivity contribution in [2.75, 3.05) is 32.6 Å². The van der Waals surface area contributed by atoms with Crippen molar-refractivity contribution in [2.24, 2.45) is 0 Å². The number of likely N-dealkylation sites (N-methyl/N-ethyl adjacent to an activating group) is 1. The van der Waals surface area contributed by atoms with Crippen LogP contribution in [0.4, 0.5) is 0 Å². The van der Waals surface area contributed by atoms with Crippen LogP contribution < -0.4 is 0 Å². The quantitative estimate of drug-likeness (QED) is 0.527. The van der Waals surface area contributed by atoms with Crippen LogP contribution in [0.15, 0.2) is 0 Å². The van der Waals surface area contributed by atoms with Crippen LogP contribution in [0, 0.1) is 0 Å². The molecule has 1 fully saturated rings. The molecule has 0 aromatic heterocycles. The highest BCUT2D eigenvalue weighted by Crippen LogP contribution is 2.13. The van der Waals surface area contributed by atoms with Gasteiger partial charge in [-0.2, -0.15) is 0 Å². The van der Waals surface area contributed by atoms with Crippen LogP contribution in [0.5, 0.6) is 0 Å². The molecule has 0 spiro atoms. The molecular formula is C11H23ClN2. The number of hydrogen-bond donors (Lipinski definition) is 0. The van der Waals surface area contributed by atoms with Gasteiger partial charge in [-0.1, -0.05) is 0 Å². The molecule has 2 atom stereocenters. The average Bonchev–Trinajstić information content (AvgIpc) is 2.14. The second kappa shape index (κ2) is 5.94. The fraction of sp³-hybridized carbons (Fsp3) is 1.00. The Balaban J connectivity index is 2.27. The molecule has 1 rings (SSSR count). The first-order valence-corrected chi connectivity index (χ1v) is 6.19. The van der Waals surface area contributed by atoms with Gasteiger partial charge in [0, 0.05) is 31.1 Å². The van der Waals surface area contributed by atoms with Crippen molar-refractivity contribution in [3.8, 4) is 0 Å². The zero-order valence-corrected chi connectivity index (χ0v) is 10.4. The molecule has 0 saturated carbocycles. The molecule has 0 aliphatic carbocycles. The molecule has 84 valence electrons. The minimum atomic E-state index is 0.690. The largest absolute Gasteiger partial charge is 0.300 e. The predicted molar refractivity (Wildman–Crippen MR) is 63.1 cm³/mol. The highest BCUT2D eigenvalue weighted by Gasteiger charge is 2.25. The molecule has 1 aliphatic rings. The van der Waals surface area contributed by atoms with Gasteiger partial charge in [-0.25, -0.2) is 0 Å². The summed E-state index contributed by atoms with van der Waals surface area (Å²) in [6, 6.07) is 1.38. The zero-order chi connectivity index (χ0) is 10.6. The lowest BCUT2D eigenvalue weighted by Crippen LogP contribution is -2.54. The van der Waals surface area contributed by atoms with E-state index in [1.165, 1.54) is 26.1 Å². The van der Waals surface area contributed by atoms with Crippen LogP contribution >= 0.6 is 11.6 Å². The molecule has 14 heavy (non-hydrogen) atoms. The maximum absolute atomic E-state index is 5.67. The Bertz CT molecular complexity index is 151. The van der Waals surface area contributed by atoms with Crippen LogP contribution in [0.3, 0.4) is 0 Å². The van der Waals surface area contributed by atoms with Crippen LogP contribution in [-0.4, -0.2) is 54.4 Å². The molecule has 0 aromatic carbocycles. The second-order valence-electron chi connectivity index (χ2n) is 4.52. The van der Waals surface area contributed by atoms with Gasteiger partial charge < -0.3 is 4.90 Å². The van der Waals surface area contributed by atoms with Gasteiger partial charge in [-0.3, -0.25) is 4.90 Å². The number of nitrogens with zero attached hydrogens (tertiary/aromatic N) is 2. The van der Waals surface area contributed by atoms with Crippen molar-refractivity contribution in [1.29, 1.82) is 0 Å². The lowest BCUT2D eigenvalue weighted by molar-refractivity contribution is 0.0594. The van der Waals surface area contributed by atoms with Crippen molar-refractivity contribution in [2.45, 2.75) is 38.8 Å². The van der Waals surface area contributed by atoms with Crippen molar-refractivity contribution in [3.63, 3.8) is 0 Å². The van der Waals surface area contributed by atoms with Crippen molar-refractivity contribution in [1.82, 2.24) is 9.80 Å². The number of unbranched alkanes of at least 4 members (excludes halogenated alkanes) is 1. The van der Waals surface area contributed by atoms with E-state index in [0.717, 1.165) is 12.3 Å². The standard InChI is InChI=1S/C11H23ClN2/c1-10-8-14(7-5-4-6-12)9-11(2)13(10)3/h10-11H,4-9H2,1-3H3. The SMILES string of the molecule is CC1CN(CCCCCl)CC(C)N1C. The van der Waals surface area contributed by atoms with E-state index in [9.17, 15) is 0 Å². The fourth-order valence-corrected chi connectivity index (χ4v) is 2.32. The Labute approximate surface area is 93.2 Å². The van der Waals surface area contributed by atoms with Crippen LogP contribution in [0.25, 0.3) is 0 Å².